The first kappa shape index (κ1) is 17.8. The van der Waals surface area contributed by atoms with E-state index in [4.69, 9.17) is 5.73 Å². The topological polar surface area (TPSA) is 46.3 Å². The maximum atomic E-state index is 11.0. The molecule has 0 spiro atoms. The fraction of sp³-hybridized carbons (Fsp3) is 0.923. The van der Waals surface area contributed by atoms with Gasteiger partial charge in [-0.25, -0.2) is 0 Å². The van der Waals surface area contributed by atoms with Gasteiger partial charge in [0.1, 0.15) is 0 Å². The summed E-state index contributed by atoms with van der Waals surface area (Å²) < 4.78 is 0. The zero-order chi connectivity index (χ0) is 12.8. The summed E-state index contributed by atoms with van der Waals surface area (Å²) in [6.07, 6.45) is 6.05. The van der Waals surface area contributed by atoms with E-state index in [0.717, 1.165) is 25.9 Å². The number of carbonyl (C=O) groups is 1. The van der Waals surface area contributed by atoms with E-state index in [0.29, 0.717) is 0 Å². The zero-order valence-corrected chi connectivity index (χ0v) is 11.6. The molecule has 0 aromatic heterocycles. The maximum absolute atomic E-state index is 11.0. The van der Waals surface area contributed by atoms with Crippen LogP contribution in [0.1, 0.15) is 59.8 Å². The van der Waals surface area contributed by atoms with Crippen molar-refractivity contribution in [3.05, 3.63) is 0 Å². The van der Waals surface area contributed by atoms with Crippen molar-refractivity contribution in [2.45, 2.75) is 59.8 Å². The highest BCUT2D eigenvalue weighted by atomic mass is 16.2. The van der Waals surface area contributed by atoms with Crippen LogP contribution in [0.25, 0.3) is 0 Å². The van der Waals surface area contributed by atoms with Crippen LogP contribution in [0.4, 0.5) is 0 Å². The van der Waals surface area contributed by atoms with Crippen molar-refractivity contribution in [2.24, 2.45) is 5.73 Å². The Morgan fingerprint density at radius 2 is 1.38 bits per heavy atom. The van der Waals surface area contributed by atoms with Crippen LogP contribution >= 0.6 is 0 Å². The Balaban J connectivity index is 0. The molecule has 3 heteroatoms. The third-order valence-electron chi connectivity index (χ3n) is 1.88. The van der Waals surface area contributed by atoms with Gasteiger partial charge >= 0.3 is 0 Å². The molecule has 0 saturated carbocycles. The summed E-state index contributed by atoms with van der Waals surface area (Å²) in [5.74, 6) is 0.0969. The standard InChI is InChI=1S/C7H14N2O.2C3H8/c8-6-7(10)9-4-2-1-3-5-9;2*1-3-2/h1-6,8H2;2*3H2,1-2H3. The Morgan fingerprint density at radius 3 is 1.69 bits per heavy atom. The van der Waals surface area contributed by atoms with Gasteiger partial charge in [0.25, 0.3) is 0 Å². The summed E-state index contributed by atoms with van der Waals surface area (Å²) >= 11 is 0. The first-order chi connectivity index (χ1) is 7.67. The molecule has 1 saturated heterocycles. The predicted molar refractivity (Wildman–Crippen MR) is 71.4 cm³/mol. The number of carbonyl (C=O) groups excluding carboxylic acids is 1. The maximum Gasteiger partial charge on any atom is 0.236 e. The number of nitrogens with zero attached hydrogens (tertiary/aromatic N) is 1. The molecule has 98 valence electrons. The minimum absolute atomic E-state index is 0.0969. The van der Waals surface area contributed by atoms with E-state index in [1.807, 2.05) is 4.90 Å². The number of hydrogen-bond acceptors (Lipinski definition) is 2. The molecule has 1 amide bonds. The highest BCUT2D eigenvalue weighted by Crippen LogP contribution is 2.07. The van der Waals surface area contributed by atoms with Gasteiger partial charge in [0.2, 0.25) is 5.91 Å². The lowest BCUT2D eigenvalue weighted by Crippen LogP contribution is -2.39. The fourth-order valence-electron chi connectivity index (χ4n) is 1.27. The average molecular weight is 230 g/mol. The van der Waals surface area contributed by atoms with Gasteiger partial charge < -0.3 is 10.6 Å². The lowest BCUT2D eigenvalue weighted by molar-refractivity contribution is -0.130. The van der Waals surface area contributed by atoms with Gasteiger partial charge in [0.05, 0.1) is 6.54 Å². The molecule has 0 aliphatic carbocycles. The van der Waals surface area contributed by atoms with Crippen LogP contribution in [0.15, 0.2) is 0 Å². The quantitative estimate of drug-likeness (QED) is 0.753. The van der Waals surface area contributed by atoms with E-state index >= 15 is 0 Å². The van der Waals surface area contributed by atoms with Crippen LogP contribution in [0.2, 0.25) is 0 Å². The van der Waals surface area contributed by atoms with E-state index in [1.54, 1.807) is 0 Å². The molecule has 1 heterocycles. The molecule has 2 N–H and O–H groups in total. The molecule has 0 bridgehead atoms. The molecular formula is C13H30N2O. The average Bonchev–Trinajstić information content (AvgIpc) is 2.31. The van der Waals surface area contributed by atoms with Gasteiger partial charge in [0.15, 0.2) is 0 Å². The number of nitrogens with two attached hydrogens (primary N) is 1. The largest absolute Gasteiger partial charge is 0.342 e. The summed E-state index contributed by atoms with van der Waals surface area (Å²) in [7, 11) is 0. The smallest absolute Gasteiger partial charge is 0.236 e. The highest BCUT2D eigenvalue weighted by Gasteiger charge is 2.13. The Kier molecular flexibility index (Phi) is 16.1. The first-order valence-corrected chi connectivity index (χ1v) is 6.65. The number of rotatable bonds is 1. The van der Waals surface area contributed by atoms with Gasteiger partial charge in [-0.1, -0.05) is 40.5 Å². The van der Waals surface area contributed by atoms with E-state index in [-0.39, 0.29) is 12.5 Å². The van der Waals surface area contributed by atoms with Crippen LogP contribution in [0.3, 0.4) is 0 Å². The third-order valence-corrected chi connectivity index (χ3v) is 1.88. The Bertz CT molecular complexity index is 141. The number of hydrogen-bond donors (Lipinski definition) is 1. The van der Waals surface area contributed by atoms with Crippen molar-refractivity contribution < 1.29 is 4.79 Å². The van der Waals surface area contributed by atoms with E-state index in [2.05, 4.69) is 27.7 Å². The SMILES string of the molecule is CCC.CCC.NCC(=O)N1CCCCC1. The molecule has 0 aromatic rings. The minimum Gasteiger partial charge on any atom is -0.342 e. The van der Waals surface area contributed by atoms with E-state index in [9.17, 15) is 4.79 Å². The minimum atomic E-state index is 0.0969. The third kappa shape index (κ3) is 11.5. The summed E-state index contributed by atoms with van der Waals surface area (Å²) in [6.45, 7) is 10.5. The van der Waals surface area contributed by atoms with Crippen LogP contribution in [-0.4, -0.2) is 30.4 Å². The Labute approximate surface area is 101 Å². The molecule has 1 aliphatic rings. The molecule has 0 atom stereocenters. The van der Waals surface area contributed by atoms with Crippen LogP contribution in [0.5, 0.6) is 0 Å². The van der Waals surface area contributed by atoms with Crippen molar-refractivity contribution >= 4 is 5.91 Å². The molecule has 0 radical (unpaired) electrons. The molecule has 3 nitrogen and oxygen atoms in total. The Hall–Kier alpha value is -0.570. The second-order valence-corrected chi connectivity index (χ2v) is 4.06. The van der Waals surface area contributed by atoms with E-state index in [1.165, 1.54) is 19.3 Å². The monoisotopic (exact) mass is 230 g/mol. The van der Waals surface area contributed by atoms with Crippen molar-refractivity contribution in [3.8, 4) is 0 Å². The molecule has 0 unspecified atom stereocenters. The first-order valence-electron chi connectivity index (χ1n) is 6.65. The van der Waals surface area contributed by atoms with Gasteiger partial charge in [0, 0.05) is 13.1 Å². The zero-order valence-electron chi connectivity index (χ0n) is 11.6. The summed E-state index contributed by atoms with van der Waals surface area (Å²) in [4.78, 5) is 12.8. The van der Waals surface area contributed by atoms with Crippen LogP contribution in [-0.2, 0) is 4.79 Å². The molecule has 0 aromatic carbocycles. The number of likely N-dealkylation sites (tertiary alicyclic amines) is 1. The van der Waals surface area contributed by atoms with E-state index < -0.39 is 0 Å². The van der Waals surface area contributed by atoms with Crippen molar-refractivity contribution in [1.29, 1.82) is 0 Å². The van der Waals surface area contributed by atoms with Gasteiger partial charge in [-0.3, -0.25) is 4.79 Å². The lowest BCUT2D eigenvalue weighted by Gasteiger charge is -2.25. The highest BCUT2D eigenvalue weighted by molar-refractivity contribution is 5.78. The molecular weight excluding hydrogens is 200 g/mol. The lowest BCUT2D eigenvalue weighted by atomic mass is 10.1. The van der Waals surface area contributed by atoms with Crippen molar-refractivity contribution in [2.75, 3.05) is 19.6 Å². The molecule has 1 fully saturated rings. The van der Waals surface area contributed by atoms with Gasteiger partial charge in [-0.15, -0.1) is 0 Å². The van der Waals surface area contributed by atoms with Gasteiger partial charge in [-0.05, 0) is 19.3 Å². The van der Waals surface area contributed by atoms with Crippen molar-refractivity contribution in [1.82, 2.24) is 4.90 Å². The van der Waals surface area contributed by atoms with Crippen LogP contribution in [0, 0.1) is 0 Å². The van der Waals surface area contributed by atoms with Crippen molar-refractivity contribution in [3.63, 3.8) is 0 Å². The normalized spacial score (nSPS) is 14.2. The molecule has 1 rings (SSSR count). The fourth-order valence-corrected chi connectivity index (χ4v) is 1.27. The summed E-state index contributed by atoms with van der Waals surface area (Å²) in [6, 6.07) is 0. The summed E-state index contributed by atoms with van der Waals surface area (Å²) in [5.41, 5.74) is 5.21. The predicted octanol–water partition coefficient (Wildman–Crippen LogP) is 2.79. The molecule has 1 aliphatic heterocycles. The molecule has 16 heavy (non-hydrogen) atoms. The van der Waals surface area contributed by atoms with Gasteiger partial charge in [-0.2, -0.15) is 0 Å². The second kappa shape index (κ2) is 14.4. The second-order valence-electron chi connectivity index (χ2n) is 4.06. The Morgan fingerprint density at radius 1 is 1.00 bits per heavy atom. The number of piperidine rings is 1. The summed E-state index contributed by atoms with van der Waals surface area (Å²) in [5, 5.41) is 0. The van der Waals surface area contributed by atoms with Crippen LogP contribution < -0.4 is 5.73 Å². The number of amides is 1.